The molecule has 3 aromatic heterocycles. The predicted molar refractivity (Wildman–Crippen MR) is 101 cm³/mol. The molecule has 11 nitrogen and oxygen atoms in total. The van der Waals surface area contributed by atoms with Gasteiger partial charge in [-0.1, -0.05) is 0 Å². The van der Waals surface area contributed by atoms with Gasteiger partial charge >= 0.3 is 0 Å². The molecule has 0 aromatic carbocycles. The van der Waals surface area contributed by atoms with Crippen molar-refractivity contribution in [2.45, 2.75) is 6.54 Å². The molecule has 3 heterocycles. The van der Waals surface area contributed by atoms with Crippen LogP contribution in [-0.4, -0.2) is 51.0 Å². The molecule has 0 saturated heterocycles. The lowest BCUT2D eigenvalue weighted by Gasteiger charge is -2.08. The zero-order chi connectivity index (χ0) is 20.6. The summed E-state index contributed by atoms with van der Waals surface area (Å²) in [6.07, 6.45) is 6.97. The fraction of sp³-hybridized carbons (Fsp3) is 0.167. The molecule has 0 aliphatic carbocycles. The molecule has 0 fully saturated rings. The average Bonchev–Trinajstić information content (AvgIpc) is 2.77. The zero-order valence-corrected chi connectivity index (χ0v) is 15.6. The first-order valence-electron chi connectivity index (χ1n) is 8.35. The molecule has 0 radical (unpaired) electrons. The van der Waals surface area contributed by atoms with E-state index in [1.807, 2.05) is 0 Å². The van der Waals surface area contributed by atoms with Crippen molar-refractivity contribution in [3.05, 3.63) is 60.1 Å². The summed E-state index contributed by atoms with van der Waals surface area (Å²) in [4.78, 5) is 44.4. The Labute approximate surface area is 165 Å². The maximum absolute atomic E-state index is 12.3. The summed E-state index contributed by atoms with van der Waals surface area (Å²) >= 11 is 0. The molecule has 0 spiro atoms. The smallest absolute Gasteiger partial charge is 0.277 e. The van der Waals surface area contributed by atoms with E-state index in [4.69, 9.17) is 9.47 Å². The van der Waals surface area contributed by atoms with E-state index in [1.54, 1.807) is 12.1 Å². The molecular weight excluding hydrogens is 378 g/mol. The highest BCUT2D eigenvalue weighted by Gasteiger charge is 2.12. The van der Waals surface area contributed by atoms with Crippen molar-refractivity contribution in [1.29, 1.82) is 0 Å². The summed E-state index contributed by atoms with van der Waals surface area (Å²) < 4.78 is 9.90. The molecule has 2 N–H and O–H groups in total. The highest BCUT2D eigenvalue weighted by Crippen LogP contribution is 2.10. The van der Waals surface area contributed by atoms with E-state index in [0.717, 1.165) is 5.56 Å². The van der Waals surface area contributed by atoms with Crippen LogP contribution in [0.3, 0.4) is 0 Å². The van der Waals surface area contributed by atoms with Gasteiger partial charge in [0, 0.05) is 12.7 Å². The maximum Gasteiger partial charge on any atom is 0.277 e. The summed E-state index contributed by atoms with van der Waals surface area (Å²) in [6, 6.07) is 3.33. The highest BCUT2D eigenvalue weighted by molar-refractivity contribution is 6.02. The van der Waals surface area contributed by atoms with Gasteiger partial charge in [-0.2, -0.15) is 0 Å². The normalized spacial score (nSPS) is 10.1. The van der Waals surface area contributed by atoms with Gasteiger partial charge in [-0.25, -0.2) is 15.0 Å². The first kappa shape index (κ1) is 19.6. The van der Waals surface area contributed by atoms with Crippen molar-refractivity contribution >= 4 is 17.6 Å². The largest absolute Gasteiger partial charge is 0.480 e. The molecule has 3 aromatic rings. The molecule has 0 bridgehead atoms. The van der Waals surface area contributed by atoms with E-state index < -0.39 is 11.8 Å². The monoisotopic (exact) mass is 395 g/mol. The number of rotatable bonds is 7. The Hall–Kier alpha value is -4.15. The number of carbonyl (C=O) groups is 2. The van der Waals surface area contributed by atoms with Gasteiger partial charge in [0.2, 0.25) is 11.8 Å². The second-order valence-corrected chi connectivity index (χ2v) is 5.58. The van der Waals surface area contributed by atoms with E-state index in [1.165, 1.54) is 45.2 Å². The third-order valence-electron chi connectivity index (χ3n) is 3.63. The number of ether oxygens (including phenoxy) is 2. The van der Waals surface area contributed by atoms with Crippen LogP contribution < -0.4 is 20.1 Å². The fourth-order valence-electron chi connectivity index (χ4n) is 2.22. The third-order valence-corrected chi connectivity index (χ3v) is 3.63. The molecule has 148 valence electrons. The number of hydrogen-bond acceptors (Lipinski definition) is 9. The lowest BCUT2D eigenvalue weighted by Crippen LogP contribution is -2.24. The number of anilines is 1. The zero-order valence-electron chi connectivity index (χ0n) is 15.6. The van der Waals surface area contributed by atoms with Gasteiger partial charge < -0.3 is 20.1 Å². The summed E-state index contributed by atoms with van der Waals surface area (Å²) in [7, 11) is 2.87. The van der Waals surface area contributed by atoms with Crippen LogP contribution >= 0.6 is 0 Å². The minimum atomic E-state index is -0.489. The number of nitrogens with one attached hydrogen (secondary N) is 2. The molecular formula is C18H17N7O4. The summed E-state index contributed by atoms with van der Waals surface area (Å²) in [5, 5.41) is 5.34. The first-order chi connectivity index (χ1) is 14.1. The maximum atomic E-state index is 12.3. The van der Waals surface area contributed by atoms with Crippen molar-refractivity contribution in [3.63, 3.8) is 0 Å². The number of carbonyl (C=O) groups excluding carboxylic acids is 2. The van der Waals surface area contributed by atoms with Crippen molar-refractivity contribution in [2.75, 3.05) is 19.5 Å². The van der Waals surface area contributed by atoms with E-state index in [9.17, 15) is 9.59 Å². The van der Waals surface area contributed by atoms with Crippen LogP contribution in [0, 0.1) is 0 Å². The lowest BCUT2D eigenvalue weighted by atomic mass is 10.2. The van der Waals surface area contributed by atoms with E-state index in [-0.39, 0.29) is 29.7 Å². The second-order valence-electron chi connectivity index (χ2n) is 5.58. The Morgan fingerprint density at radius 3 is 2.17 bits per heavy atom. The number of methoxy groups -OCH3 is 2. The van der Waals surface area contributed by atoms with Crippen LogP contribution in [0.2, 0.25) is 0 Å². The number of amides is 2. The fourth-order valence-corrected chi connectivity index (χ4v) is 2.22. The van der Waals surface area contributed by atoms with Gasteiger partial charge in [0.25, 0.3) is 11.8 Å². The quantitative estimate of drug-likeness (QED) is 0.596. The Bertz CT molecular complexity index is 1030. The molecule has 2 amide bonds. The first-order valence-corrected chi connectivity index (χ1v) is 8.35. The summed E-state index contributed by atoms with van der Waals surface area (Å²) in [6.45, 7) is 0.197. The average molecular weight is 395 g/mol. The Balaban J connectivity index is 1.63. The molecule has 11 heteroatoms. The Kier molecular flexibility index (Phi) is 6.20. The topological polar surface area (TPSA) is 141 Å². The summed E-state index contributed by atoms with van der Waals surface area (Å²) in [5.41, 5.74) is 0.932. The van der Waals surface area contributed by atoms with E-state index in [0.29, 0.717) is 5.82 Å². The van der Waals surface area contributed by atoms with Crippen LogP contribution in [0.25, 0.3) is 0 Å². The van der Waals surface area contributed by atoms with Gasteiger partial charge in [0.05, 0.1) is 39.0 Å². The highest BCUT2D eigenvalue weighted by atomic mass is 16.5. The molecule has 0 aliphatic rings. The number of aromatic nitrogens is 5. The molecule has 0 saturated carbocycles. The van der Waals surface area contributed by atoms with Crippen LogP contribution in [0.5, 0.6) is 11.8 Å². The third kappa shape index (κ3) is 5.19. The van der Waals surface area contributed by atoms with Gasteiger partial charge in [-0.05, 0) is 17.7 Å². The molecule has 0 unspecified atom stereocenters. The molecule has 29 heavy (non-hydrogen) atoms. The van der Waals surface area contributed by atoms with E-state index in [2.05, 4.69) is 35.6 Å². The predicted octanol–water partition coefficient (Wildman–Crippen LogP) is 0.861. The van der Waals surface area contributed by atoms with Gasteiger partial charge in [-0.3, -0.25) is 19.6 Å². The lowest BCUT2D eigenvalue weighted by molar-refractivity contribution is 0.0943. The second kappa shape index (κ2) is 9.17. The minimum absolute atomic E-state index is 0.0847. The van der Waals surface area contributed by atoms with Crippen molar-refractivity contribution in [2.24, 2.45) is 0 Å². The number of nitrogens with zero attached hydrogens (tertiary/aromatic N) is 5. The number of pyridine rings is 1. The van der Waals surface area contributed by atoms with Crippen molar-refractivity contribution < 1.29 is 19.1 Å². The van der Waals surface area contributed by atoms with E-state index >= 15 is 0 Å². The standard InChI is InChI=1S/C18H17N7O4/c1-28-15-9-19-7-12(23-15)17(26)22-6-11-3-4-21-14(5-11)25-18(27)13-8-20-10-16(24-13)29-2/h3-5,7-10H,6H2,1-2H3,(H,22,26)(H,21,25,27). The minimum Gasteiger partial charge on any atom is -0.480 e. The van der Waals surface area contributed by atoms with Gasteiger partial charge in [0.15, 0.2) is 5.69 Å². The molecule has 0 atom stereocenters. The van der Waals surface area contributed by atoms with Crippen LogP contribution in [0.4, 0.5) is 5.82 Å². The molecule has 0 aliphatic heterocycles. The van der Waals surface area contributed by atoms with Gasteiger partial charge in [0.1, 0.15) is 11.5 Å². The summed E-state index contributed by atoms with van der Waals surface area (Å²) in [5.74, 6) is -0.135. The van der Waals surface area contributed by atoms with Crippen LogP contribution in [-0.2, 0) is 6.54 Å². The van der Waals surface area contributed by atoms with Crippen molar-refractivity contribution in [1.82, 2.24) is 30.2 Å². The number of hydrogen-bond donors (Lipinski definition) is 2. The SMILES string of the molecule is COc1cncc(C(=O)NCc2ccnc(NC(=O)c3cncc(OC)n3)c2)n1. The molecule has 3 rings (SSSR count). The Morgan fingerprint density at radius 1 is 0.931 bits per heavy atom. The van der Waals surface area contributed by atoms with Crippen molar-refractivity contribution in [3.8, 4) is 11.8 Å². The Morgan fingerprint density at radius 2 is 1.55 bits per heavy atom. The van der Waals surface area contributed by atoms with Crippen LogP contribution in [0.1, 0.15) is 26.5 Å². The van der Waals surface area contributed by atoms with Gasteiger partial charge in [-0.15, -0.1) is 0 Å². The van der Waals surface area contributed by atoms with Crippen LogP contribution in [0.15, 0.2) is 43.1 Å².